The zero-order chi connectivity index (χ0) is 18.6. The molecule has 2 aromatic heterocycles. The molecule has 3 aromatic rings. The molecular formula is C19H18N2O3S3. The molecule has 1 aliphatic rings. The number of aryl methyl sites for hydroxylation is 1. The van der Waals surface area contributed by atoms with Gasteiger partial charge in [0.2, 0.25) is 5.91 Å². The minimum Gasteiger partial charge on any atom is -0.486 e. The van der Waals surface area contributed by atoms with E-state index in [0.717, 1.165) is 26.3 Å². The normalized spacial score (nSPS) is 12.8. The second-order valence-electron chi connectivity index (χ2n) is 5.93. The van der Waals surface area contributed by atoms with Crippen molar-refractivity contribution >= 4 is 46.0 Å². The molecule has 140 valence electrons. The Morgan fingerprint density at radius 2 is 2.07 bits per heavy atom. The zero-order valence-electron chi connectivity index (χ0n) is 14.7. The molecule has 5 nitrogen and oxygen atoms in total. The Morgan fingerprint density at radius 1 is 1.22 bits per heavy atom. The molecule has 0 spiro atoms. The largest absolute Gasteiger partial charge is 0.486 e. The Labute approximate surface area is 170 Å². The number of anilines is 1. The first-order valence-electron chi connectivity index (χ1n) is 8.46. The van der Waals surface area contributed by atoms with E-state index >= 15 is 0 Å². The van der Waals surface area contributed by atoms with Crippen LogP contribution in [0.25, 0.3) is 0 Å². The monoisotopic (exact) mass is 418 g/mol. The minimum absolute atomic E-state index is 0.0398. The highest BCUT2D eigenvalue weighted by molar-refractivity contribution is 8.01. The van der Waals surface area contributed by atoms with Gasteiger partial charge in [0.15, 0.2) is 15.8 Å². The molecule has 1 aliphatic heterocycles. The molecule has 0 saturated heterocycles. The number of hydrogen-bond acceptors (Lipinski definition) is 7. The SMILES string of the molecule is Cc1csc(SCC(=O)N(Cc2cccs2)c2ccc3c(c2)OCCO3)n1. The first-order chi connectivity index (χ1) is 13.2. The van der Waals surface area contributed by atoms with Crippen LogP contribution in [-0.2, 0) is 11.3 Å². The molecule has 0 radical (unpaired) electrons. The van der Waals surface area contributed by atoms with Gasteiger partial charge in [0, 0.05) is 27.7 Å². The Balaban J connectivity index is 1.55. The number of fused-ring (bicyclic) bond motifs is 1. The molecule has 0 saturated carbocycles. The first kappa shape index (κ1) is 18.3. The van der Waals surface area contributed by atoms with E-state index in [4.69, 9.17) is 9.47 Å². The average molecular weight is 419 g/mol. The van der Waals surface area contributed by atoms with Gasteiger partial charge in [-0.2, -0.15) is 0 Å². The molecule has 3 heterocycles. The van der Waals surface area contributed by atoms with E-state index in [1.807, 2.05) is 48.0 Å². The number of thiophene rings is 1. The van der Waals surface area contributed by atoms with Crippen LogP contribution in [0.1, 0.15) is 10.6 Å². The lowest BCUT2D eigenvalue weighted by Crippen LogP contribution is -2.31. The van der Waals surface area contributed by atoms with Gasteiger partial charge in [-0.15, -0.1) is 22.7 Å². The molecule has 0 bridgehead atoms. The number of benzene rings is 1. The topological polar surface area (TPSA) is 51.7 Å². The third-order valence-corrected chi connectivity index (χ3v) is 6.93. The fraction of sp³-hybridized carbons (Fsp3) is 0.263. The maximum atomic E-state index is 13.0. The minimum atomic E-state index is 0.0398. The third-order valence-electron chi connectivity index (χ3n) is 3.95. The Hall–Kier alpha value is -2.03. The summed E-state index contributed by atoms with van der Waals surface area (Å²) in [6, 6.07) is 9.71. The summed E-state index contributed by atoms with van der Waals surface area (Å²) in [6.07, 6.45) is 0. The number of rotatable bonds is 6. The van der Waals surface area contributed by atoms with Crippen molar-refractivity contribution in [1.29, 1.82) is 0 Å². The van der Waals surface area contributed by atoms with E-state index in [1.54, 1.807) is 27.6 Å². The van der Waals surface area contributed by atoms with Crippen molar-refractivity contribution in [3.05, 3.63) is 51.7 Å². The van der Waals surface area contributed by atoms with Crippen molar-refractivity contribution in [3.8, 4) is 11.5 Å². The maximum absolute atomic E-state index is 13.0. The smallest absolute Gasteiger partial charge is 0.237 e. The molecular weight excluding hydrogens is 400 g/mol. The highest BCUT2D eigenvalue weighted by Crippen LogP contribution is 2.35. The standard InChI is InChI=1S/C19H18N2O3S3/c1-13-11-26-19(20-13)27-12-18(22)21(10-15-3-2-8-25-15)14-4-5-16-17(9-14)24-7-6-23-16/h2-5,8-9,11H,6-7,10,12H2,1H3. The van der Waals surface area contributed by atoms with Crippen molar-refractivity contribution in [2.45, 2.75) is 17.8 Å². The van der Waals surface area contributed by atoms with Crippen LogP contribution >= 0.6 is 34.4 Å². The van der Waals surface area contributed by atoms with E-state index < -0.39 is 0 Å². The number of nitrogens with zero attached hydrogens (tertiary/aromatic N) is 2. The van der Waals surface area contributed by atoms with Gasteiger partial charge in [-0.1, -0.05) is 17.8 Å². The second kappa shape index (κ2) is 8.33. The number of carbonyl (C=O) groups is 1. The molecule has 8 heteroatoms. The quantitative estimate of drug-likeness (QED) is 0.547. The summed E-state index contributed by atoms with van der Waals surface area (Å²) in [4.78, 5) is 20.4. The number of hydrogen-bond donors (Lipinski definition) is 0. The van der Waals surface area contributed by atoms with E-state index in [0.29, 0.717) is 31.3 Å². The average Bonchev–Trinajstić information content (AvgIpc) is 3.35. The lowest BCUT2D eigenvalue weighted by atomic mass is 10.2. The fourth-order valence-corrected chi connectivity index (χ4v) is 5.10. The molecule has 4 rings (SSSR count). The van der Waals surface area contributed by atoms with Crippen molar-refractivity contribution in [2.24, 2.45) is 0 Å². The fourth-order valence-electron chi connectivity index (χ4n) is 2.68. The van der Waals surface area contributed by atoms with Crippen LogP contribution < -0.4 is 14.4 Å². The van der Waals surface area contributed by atoms with Crippen molar-refractivity contribution < 1.29 is 14.3 Å². The number of amides is 1. The molecule has 1 amide bonds. The lowest BCUT2D eigenvalue weighted by Gasteiger charge is -2.25. The number of thioether (sulfide) groups is 1. The zero-order valence-corrected chi connectivity index (χ0v) is 17.2. The molecule has 0 atom stereocenters. The number of thiazole rings is 1. The second-order valence-corrected chi connectivity index (χ2v) is 9.04. The van der Waals surface area contributed by atoms with E-state index in [-0.39, 0.29) is 5.91 Å². The Bertz CT molecular complexity index is 924. The van der Waals surface area contributed by atoms with Crippen molar-refractivity contribution in [2.75, 3.05) is 23.9 Å². The summed E-state index contributed by atoms with van der Waals surface area (Å²) >= 11 is 4.69. The van der Waals surface area contributed by atoms with Crippen LogP contribution in [0.15, 0.2) is 45.4 Å². The van der Waals surface area contributed by atoms with Gasteiger partial charge >= 0.3 is 0 Å². The van der Waals surface area contributed by atoms with Gasteiger partial charge in [0.1, 0.15) is 13.2 Å². The summed E-state index contributed by atoms with van der Waals surface area (Å²) in [7, 11) is 0. The van der Waals surface area contributed by atoms with E-state index in [2.05, 4.69) is 4.98 Å². The van der Waals surface area contributed by atoms with Gasteiger partial charge in [0.05, 0.1) is 12.3 Å². The van der Waals surface area contributed by atoms with Crippen LogP contribution in [-0.4, -0.2) is 29.9 Å². The highest BCUT2D eigenvalue weighted by atomic mass is 32.2. The van der Waals surface area contributed by atoms with Crippen molar-refractivity contribution in [1.82, 2.24) is 4.98 Å². The molecule has 0 unspecified atom stereocenters. The van der Waals surface area contributed by atoms with Gasteiger partial charge < -0.3 is 14.4 Å². The Morgan fingerprint density at radius 3 is 2.81 bits per heavy atom. The van der Waals surface area contributed by atoms with Gasteiger partial charge in [-0.3, -0.25) is 4.79 Å². The maximum Gasteiger partial charge on any atom is 0.237 e. The summed E-state index contributed by atoms with van der Waals surface area (Å²) in [5, 5.41) is 4.02. The van der Waals surface area contributed by atoms with Crippen LogP contribution in [0, 0.1) is 6.92 Å². The van der Waals surface area contributed by atoms with E-state index in [1.165, 1.54) is 11.8 Å². The predicted octanol–water partition coefficient (Wildman–Crippen LogP) is 4.61. The highest BCUT2D eigenvalue weighted by Gasteiger charge is 2.21. The summed E-state index contributed by atoms with van der Waals surface area (Å²) in [5.41, 5.74) is 1.80. The van der Waals surface area contributed by atoms with Crippen LogP contribution in [0.5, 0.6) is 11.5 Å². The lowest BCUT2D eigenvalue weighted by molar-refractivity contribution is -0.116. The number of aromatic nitrogens is 1. The summed E-state index contributed by atoms with van der Waals surface area (Å²) < 4.78 is 12.2. The van der Waals surface area contributed by atoms with Crippen molar-refractivity contribution in [3.63, 3.8) is 0 Å². The summed E-state index contributed by atoms with van der Waals surface area (Å²) in [5.74, 6) is 1.79. The van der Waals surface area contributed by atoms with Gasteiger partial charge in [-0.05, 0) is 30.5 Å². The predicted molar refractivity (Wildman–Crippen MR) is 111 cm³/mol. The molecule has 0 N–H and O–H groups in total. The molecule has 1 aromatic carbocycles. The van der Waals surface area contributed by atoms with Crippen LogP contribution in [0.2, 0.25) is 0 Å². The number of carbonyl (C=O) groups excluding carboxylic acids is 1. The number of ether oxygens (including phenoxy) is 2. The van der Waals surface area contributed by atoms with E-state index in [9.17, 15) is 4.79 Å². The summed E-state index contributed by atoms with van der Waals surface area (Å²) in [6.45, 7) is 3.57. The third kappa shape index (κ3) is 4.45. The first-order valence-corrected chi connectivity index (χ1v) is 11.2. The van der Waals surface area contributed by atoms with Crippen LogP contribution in [0.3, 0.4) is 0 Å². The molecule has 0 fully saturated rings. The van der Waals surface area contributed by atoms with Gasteiger partial charge in [-0.25, -0.2) is 4.98 Å². The molecule has 27 heavy (non-hydrogen) atoms. The van der Waals surface area contributed by atoms with Crippen LogP contribution in [0.4, 0.5) is 5.69 Å². The van der Waals surface area contributed by atoms with Gasteiger partial charge in [0.25, 0.3) is 0 Å². The molecule has 0 aliphatic carbocycles. The Kier molecular flexibility index (Phi) is 5.66.